The van der Waals surface area contributed by atoms with Crippen molar-refractivity contribution >= 4 is 11.6 Å². The SMILES string of the molecule is CCCCCCCCCCCCCCCC(=O)Nc1cccc(C2O[C@H](CN3CC[C@@H](O)C3)[C@@H](c3ccccc3)[C@H](c3ccc(CO)cc3)O2)c1. The van der Waals surface area contributed by atoms with E-state index in [0.717, 1.165) is 53.7 Å². The molecule has 0 saturated carbocycles. The van der Waals surface area contributed by atoms with Crippen LogP contribution in [0.4, 0.5) is 5.69 Å². The van der Waals surface area contributed by atoms with Gasteiger partial charge in [-0.2, -0.15) is 0 Å². The van der Waals surface area contributed by atoms with E-state index in [4.69, 9.17) is 9.47 Å². The van der Waals surface area contributed by atoms with Gasteiger partial charge in [-0.1, -0.05) is 151 Å². The van der Waals surface area contributed by atoms with Crippen molar-refractivity contribution in [1.82, 2.24) is 4.90 Å². The lowest BCUT2D eigenvalue weighted by Crippen LogP contribution is -2.44. The molecule has 7 nitrogen and oxygen atoms in total. The van der Waals surface area contributed by atoms with Crippen molar-refractivity contribution in [2.24, 2.45) is 0 Å². The number of amides is 1. The van der Waals surface area contributed by atoms with Gasteiger partial charge in [-0.15, -0.1) is 0 Å². The number of aliphatic hydroxyl groups excluding tert-OH is 2. The average molecular weight is 699 g/mol. The third kappa shape index (κ3) is 12.5. The first kappa shape index (κ1) is 39.1. The zero-order valence-electron chi connectivity index (χ0n) is 30.9. The summed E-state index contributed by atoms with van der Waals surface area (Å²) >= 11 is 0. The number of unbranched alkanes of at least 4 members (excludes halogenated alkanes) is 12. The molecule has 1 amide bonds. The molecule has 7 heteroatoms. The number of aliphatic hydroxyl groups is 2. The zero-order chi connectivity index (χ0) is 35.7. The van der Waals surface area contributed by atoms with E-state index in [2.05, 4.69) is 29.3 Å². The Labute approximate surface area is 306 Å². The summed E-state index contributed by atoms with van der Waals surface area (Å²) < 4.78 is 13.7. The van der Waals surface area contributed by atoms with Gasteiger partial charge in [-0.25, -0.2) is 0 Å². The van der Waals surface area contributed by atoms with Gasteiger partial charge in [0.05, 0.1) is 24.9 Å². The highest BCUT2D eigenvalue weighted by Gasteiger charge is 2.43. The summed E-state index contributed by atoms with van der Waals surface area (Å²) in [5.41, 5.74) is 4.59. The van der Waals surface area contributed by atoms with Crippen LogP contribution in [-0.2, 0) is 20.9 Å². The molecule has 3 aromatic rings. The topological polar surface area (TPSA) is 91.3 Å². The van der Waals surface area contributed by atoms with Gasteiger partial charge in [0.15, 0.2) is 6.29 Å². The van der Waals surface area contributed by atoms with E-state index in [9.17, 15) is 15.0 Å². The van der Waals surface area contributed by atoms with Crippen molar-refractivity contribution in [3.63, 3.8) is 0 Å². The molecule has 0 radical (unpaired) electrons. The lowest BCUT2D eigenvalue weighted by molar-refractivity contribution is -0.263. The van der Waals surface area contributed by atoms with Crippen LogP contribution < -0.4 is 5.32 Å². The first-order chi connectivity index (χ1) is 25.0. The van der Waals surface area contributed by atoms with Crippen LogP contribution in [0.5, 0.6) is 0 Å². The van der Waals surface area contributed by atoms with Crippen molar-refractivity contribution in [3.8, 4) is 0 Å². The molecule has 51 heavy (non-hydrogen) atoms. The molecule has 5 atom stereocenters. The number of anilines is 1. The van der Waals surface area contributed by atoms with E-state index in [1.807, 2.05) is 66.7 Å². The summed E-state index contributed by atoms with van der Waals surface area (Å²) in [7, 11) is 0. The smallest absolute Gasteiger partial charge is 0.224 e. The fraction of sp³-hybridized carbons (Fsp3) is 0.568. The van der Waals surface area contributed by atoms with Crippen LogP contribution >= 0.6 is 0 Å². The highest BCUT2D eigenvalue weighted by Crippen LogP contribution is 2.47. The van der Waals surface area contributed by atoms with E-state index in [-0.39, 0.29) is 36.7 Å². The number of β-amino-alcohol motifs (C(OH)–C–C–N with tert-alkyl or cyclic N) is 1. The third-order valence-corrected chi connectivity index (χ3v) is 10.6. The maximum Gasteiger partial charge on any atom is 0.224 e. The molecule has 5 rings (SSSR count). The predicted octanol–water partition coefficient (Wildman–Crippen LogP) is 9.60. The fourth-order valence-electron chi connectivity index (χ4n) is 7.69. The largest absolute Gasteiger partial charge is 0.392 e. The second kappa shape index (κ2) is 21.5. The Bertz CT molecular complexity index is 1420. The van der Waals surface area contributed by atoms with Gasteiger partial charge in [0, 0.05) is 43.2 Å². The number of benzene rings is 3. The standard InChI is InChI=1S/C44H62N2O5/c1-2-3-4-5-6-7-8-9-10-11-12-13-17-23-41(49)45-38-22-18-21-37(30-38)44-50-40(32-46-29-28-39(48)31-46)42(35-19-15-14-16-20-35)43(51-44)36-26-24-34(33-47)25-27-36/h14-16,18-22,24-27,30,39-40,42-44,47-48H,2-13,17,23,28-29,31-33H2,1H3,(H,45,49)/t39-,40-,42-,43+,44?/m1/s1. The molecule has 0 aromatic heterocycles. The molecule has 2 heterocycles. The first-order valence-corrected chi connectivity index (χ1v) is 19.9. The summed E-state index contributed by atoms with van der Waals surface area (Å²) in [6.45, 7) is 4.37. The highest BCUT2D eigenvalue weighted by molar-refractivity contribution is 5.90. The molecule has 2 aliphatic heterocycles. The fourth-order valence-corrected chi connectivity index (χ4v) is 7.69. The predicted molar refractivity (Wildman–Crippen MR) is 205 cm³/mol. The zero-order valence-corrected chi connectivity index (χ0v) is 30.9. The first-order valence-electron chi connectivity index (χ1n) is 19.9. The van der Waals surface area contributed by atoms with Crippen molar-refractivity contribution in [2.45, 2.75) is 140 Å². The van der Waals surface area contributed by atoms with Crippen LogP contribution in [0.2, 0.25) is 0 Å². The summed E-state index contributed by atoms with van der Waals surface area (Å²) in [6, 6.07) is 26.2. The van der Waals surface area contributed by atoms with Gasteiger partial charge in [0.25, 0.3) is 0 Å². The van der Waals surface area contributed by atoms with Crippen LogP contribution in [-0.4, -0.2) is 52.9 Å². The lowest BCUT2D eigenvalue weighted by atomic mass is 9.83. The molecule has 278 valence electrons. The van der Waals surface area contributed by atoms with Crippen LogP contribution in [0.25, 0.3) is 0 Å². The monoisotopic (exact) mass is 698 g/mol. The molecule has 3 aromatic carbocycles. The average Bonchev–Trinajstić information content (AvgIpc) is 3.57. The Kier molecular flexibility index (Phi) is 16.5. The molecule has 0 bridgehead atoms. The minimum Gasteiger partial charge on any atom is -0.392 e. The van der Waals surface area contributed by atoms with E-state index < -0.39 is 6.29 Å². The van der Waals surface area contributed by atoms with E-state index in [1.54, 1.807) is 0 Å². The molecule has 2 fully saturated rings. The molecular weight excluding hydrogens is 636 g/mol. The van der Waals surface area contributed by atoms with Crippen LogP contribution in [0.1, 0.15) is 144 Å². The Morgan fingerprint density at radius 3 is 2.04 bits per heavy atom. The Morgan fingerprint density at radius 2 is 1.41 bits per heavy atom. The number of carbonyl (C=O) groups is 1. The van der Waals surface area contributed by atoms with Gasteiger partial charge in [0.1, 0.15) is 0 Å². The molecule has 1 unspecified atom stereocenters. The Balaban J connectivity index is 1.18. The number of hydrogen-bond donors (Lipinski definition) is 3. The van der Waals surface area contributed by atoms with Crippen LogP contribution in [0.3, 0.4) is 0 Å². The normalized spacial score (nSPS) is 22.3. The maximum atomic E-state index is 12.9. The molecule has 0 aliphatic carbocycles. The van der Waals surface area contributed by atoms with Crippen LogP contribution in [0, 0.1) is 0 Å². The summed E-state index contributed by atoms with van der Waals surface area (Å²) in [4.78, 5) is 15.2. The summed E-state index contributed by atoms with van der Waals surface area (Å²) in [6.07, 6.45) is 16.5. The number of hydrogen-bond acceptors (Lipinski definition) is 6. The lowest BCUT2D eigenvalue weighted by Gasteiger charge is -2.44. The molecule has 0 spiro atoms. The number of carbonyl (C=O) groups excluding carboxylic acids is 1. The number of rotatable bonds is 21. The van der Waals surface area contributed by atoms with Crippen molar-refractivity contribution in [1.29, 1.82) is 0 Å². The molecule has 2 saturated heterocycles. The molecular formula is C44H62N2O5. The van der Waals surface area contributed by atoms with E-state index >= 15 is 0 Å². The second-order valence-corrected chi connectivity index (χ2v) is 14.8. The number of nitrogens with zero attached hydrogens (tertiary/aromatic N) is 1. The minimum atomic E-state index is -0.650. The quantitative estimate of drug-likeness (QED) is 0.0961. The van der Waals surface area contributed by atoms with Gasteiger partial charge in [-0.3, -0.25) is 9.69 Å². The maximum absolute atomic E-state index is 12.9. The number of likely N-dealkylation sites (tertiary alicyclic amines) is 1. The Morgan fingerprint density at radius 1 is 0.765 bits per heavy atom. The summed E-state index contributed by atoms with van der Waals surface area (Å²) in [5, 5.41) is 23.1. The third-order valence-electron chi connectivity index (χ3n) is 10.6. The van der Waals surface area contributed by atoms with Crippen molar-refractivity contribution in [3.05, 3.63) is 101 Å². The van der Waals surface area contributed by atoms with Gasteiger partial charge in [-0.05, 0) is 41.7 Å². The van der Waals surface area contributed by atoms with Crippen molar-refractivity contribution < 1.29 is 24.5 Å². The summed E-state index contributed by atoms with van der Waals surface area (Å²) in [5.74, 6) is -0.0551. The van der Waals surface area contributed by atoms with Gasteiger partial charge < -0.3 is 25.0 Å². The second-order valence-electron chi connectivity index (χ2n) is 14.8. The highest BCUT2D eigenvalue weighted by atomic mass is 16.7. The number of nitrogens with one attached hydrogen (secondary N) is 1. The van der Waals surface area contributed by atoms with Gasteiger partial charge in [0.2, 0.25) is 5.91 Å². The van der Waals surface area contributed by atoms with E-state index in [0.29, 0.717) is 19.5 Å². The van der Waals surface area contributed by atoms with Crippen LogP contribution in [0.15, 0.2) is 78.9 Å². The van der Waals surface area contributed by atoms with Crippen molar-refractivity contribution in [2.75, 3.05) is 25.0 Å². The van der Waals surface area contributed by atoms with E-state index in [1.165, 1.54) is 70.6 Å². The number of ether oxygens (including phenoxy) is 2. The Hall–Kier alpha value is -3.07. The minimum absolute atomic E-state index is 0.0164. The molecule has 2 aliphatic rings. The molecule has 3 N–H and O–H groups in total. The van der Waals surface area contributed by atoms with Gasteiger partial charge >= 0.3 is 0 Å².